The molecule has 0 unspecified atom stereocenters. The molecule has 1 rings (SSSR count). The summed E-state index contributed by atoms with van der Waals surface area (Å²) < 4.78 is 31.4. The quantitative estimate of drug-likeness (QED) is 0.727. The zero-order valence-corrected chi connectivity index (χ0v) is 9.29. The number of alkyl halides is 2. The van der Waals surface area contributed by atoms with E-state index in [4.69, 9.17) is 9.84 Å². The van der Waals surface area contributed by atoms with Gasteiger partial charge >= 0.3 is 0 Å². The summed E-state index contributed by atoms with van der Waals surface area (Å²) in [6, 6.07) is 0. The highest BCUT2D eigenvalue weighted by Gasteiger charge is 2.30. The van der Waals surface area contributed by atoms with Crippen molar-refractivity contribution in [2.45, 2.75) is 18.8 Å². The van der Waals surface area contributed by atoms with Crippen molar-refractivity contribution < 1.29 is 23.4 Å². The Kier molecular flexibility index (Phi) is 4.57. The average Bonchev–Trinajstić information content (AvgIpc) is 2.36. The fourth-order valence-electron chi connectivity index (χ4n) is 1.37. The number of ether oxygens (including phenoxy) is 1. The van der Waals surface area contributed by atoms with Crippen LogP contribution in [-0.2, 0) is 9.53 Å². The molecule has 1 aliphatic rings. The van der Waals surface area contributed by atoms with Gasteiger partial charge in [-0.1, -0.05) is 12.7 Å². The molecule has 0 radical (unpaired) electrons. The Morgan fingerprint density at radius 3 is 2.71 bits per heavy atom. The fraction of sp³-hybridized carbons (Fsp3) is 0.417. The van der Waals surface area contributed by atoms with Gasteiger partial charge in [0.2, 0.25) is 0 Å². The molecule has 0 saturated carbocycles. The van der Waals surface area contributed by atoms with Gasteiger partial charge in [-0.05, 0) is 18.6 Å². The van der Waals surface area contributed by atoms with E-state index >= 15 is 0 Å². The van der Waals surface area contributed by atoms with E-state index in [1.807, 2.05) is 0 Å². The second-order valence-corrected chi connectivity index (χ2v) is 3.64. The van der Waals surface area contributed by atoms with E-state index in [0.717, 1.165) is 0 Å². The van der Waals surface area contributed by atoms with E-state index in [-0.39, 0.29) is 18.6 Å². The summed E-state index contributed by atoms with van der Waals surface area (Å²) in [5.41, 5.74) is -0.0201. The SMILES string of the molecule is C=CC(F)(F)C1=CC=C(OCC(=O)CO)CC1. The van der Waals surface area contributed by atoms with E-state index in [1.165, 1.54) is 12.2 Å². The smallest absolute Gasteiger partial charge is 0.287 e. The van der Waals surface area contributed by atoms with Gasteiger partial charge in [-0.3, -0.25) is 4.79 Å². The molecule has 1 N–H and O–H groups in total. The highest BCUT2D eigenvalue weighted by molar-refractivity contribution is 5.80. The maximum Gasteiger partial charge on any atom is 0.287 e. The van der Waals surface area contributed by atoms with E-state index in [2.05, 4.69) is 6.58 Å². The van der Waals surface area contributed by atoms with Crippen molar-refractivity contribution in [1.82, 2.24) is 0 Å². The number of rotatable bonds is 6. The summed E-state index contributed by atoms with van der Waals surface area (Å²) in [6.07, 6.45) is 3.78. The minimum Gasteiger partial charge on any atom is -0.490 e. The number of carbonyl (C=O) groups is 1. The first-order valence-corrected chi connectivity index (χ1v) is 5.16. The van der Waals surface area contributed by atoms with Gasteiger partial charge in [-0.15, -0.1) is 0 Å². The summed E-state index contributed by atoms with van der Waals surface area (Å²) in [5, 5.41) is 8.47. The third-order valence-corrected chi connectivity index (χ3v) is 2.39. The normalized spacial score (nSPS) is 15.9. The summed E-state index contributed by atoms with van der Waals surface area (Å²) in [5.74, 6) is -2.98. The van der Waals surface area contributed by atoms with Crippen molar-refractivity contribution in [2.75, 3.05) is 13.2 Å². The van der Waals surface area contributed by atoms with Gasteiger partial charge < -0.3 is 9.84 Å². The molecule has 0 saturated heterocycles. The Hall–Kier alpha value is -1.49. The lowest BCUT2D eigenvalue weighted by molar-refractivity contribution is -0.125. The third kappa shape index (κ3) is 3.78. The molecule has 0 spiro atoms. The Morgan fingerprint density at radius 2 is 2.24 bits per heavy atom. The van der Waals surface area contributed by atoms with Crippen LogP contribution in [0, 0.1) is 0 Å². The Bertz CT molecular complexity index is 370. The molecule has 3 nitrogen and oxygen atoms in total. The van der Waals surface area contributed by atoms with Crippen LogP contribution in [0.25, 0.3) is 0 Å². The Balaban J connectivity index is 2.59. The molecule has 5 heteroatoms. The first kappa shape index (κ1) is 13.6. The van der Waals surface area contributed by atoms with E-state index in [0.29, 0.717) is 18.3 Å². The van der Waals surface area contributed by atoms with Crippen molar-refractivity contribution in [3.05, 3.63) is 36.1 Å². The minimum atomic E-state index is -3.00. The number of ketones is 1. The number of aliphatic hydroxyl groups excluding tert-OH is 1. The molecule has 0 fully saturated rings. The number of allylic oxidation sites excluding steroid dienone is 5. The van der Waals surface area contributed by atoms with E-state index < -0.39 is 18.3 Å². The van der Waals surface area contributed by atoms with E-state index in [1.54, 1.807) is 0 Å². The lowest BCUT2D eigenvalue weighted by Gasteiger charge is -2.20. The number of carbonyl (C=O) groups excluding carboxylic acids is 1. The molecule has 0 aliphatic heterocycles. The number of hydrogen-bond donors (Lipinski definition) is 1. The van der Waals surface area contributed by atoms with Crippen molar-refractivity contribution in [3.63, 3.8) is 0 Å². The van der Waals surface area contributed by atoms with Crippen LogP contribution in [0.5, 0.6) is 0 Å². The lowest BCUT2D eigenvalue weighted by Crippen LogP contribution is -2.18. The molecule has 17 heavy (non-hydrogen) atoms. The first-order chi connectivity index (χ1) is 7.99. The highest BCUT2D eigenvalue weighted by Crippen LogP contribution is 2.32. The van der Waals surface area contributed by atoms with Crippen LogP contribution in [-0.4, -0.2) is 30.0 Å². The molecule has 0 aromatic carbocycles. The summed E-state index contributed by atoms with van der Waals surface area (Å²) in [4.78, 5) is 10.8. The van der Waals surface area contributed by atoms with Crippen LogP contribution in [0.15, 0.2) is 36.1 Å². The highest BCUT2D eigenvalue weighted by atomic mass is 19.3. The molecule has 0 amide bonds. The predicted molar refractivity (Wildman–Crippen MR) is 58.6 cm³/mol. The number of hydrogen-bond acceptors (Lipinski definition) is 3. The number of halogens is 2. The monoisotopic (exact) mass is 244 g/mol. The minimum absolute atomic E-state index is 0.0201. The molecular weight excluding hydrogens is 230 g/mol. The Morgan fingerprint density at radius 1 is 1.53 bits per heavy atom. The standard InChI is InChI=1S/C12H14F2O3/c1-2-12(13,14)9-3-5-11(6-4-9)17-8-10(16)7-15/h2-3,5,15H,1,4,6-8H2. The molecule has 0 heterocycles. The van der Waals surface area contributed by atoms with Gasteiger partial charge in [0.25, 0.3) is 5.92 Å². The average molecular weight is 244 g/mol. The zero-order valence-electron chi connectivity index (χ0n) is 9.29. The number of Topliss-reactive ketones (excluding diaryl/α,β-unsaturated/α-hetero) is 1. The molecule has 1 aliphatic carbocycles. The summed E-state index contributed by atoms with van der Waals surface area (Å²) >= 11 is 0. The van der Waals surface area contributed by atoms with Crippen molar-refractivity contribution >= 4 is 5.78 Å². The van der Waals surface area contributed by atoms with Crippen molar-refractivity contribution in [2.24, 2.45) is 0 Å². The molecule has 0 aromatic rings. The van der Waals surface area contributed by atoms with Crippen LogP contribution < -0.4 is 0 Å². The maximum atomic E-state index is 13.2. The molecule has 0 atom stereocenters. The van der Waals surface area contributed by atoms with Gasteiger partial charge in [0.1, 0.15) is 13.2 Å². The van der Waals surface area contributed by atoms with Crippen molar-refractivity contribution in [3.8, 4) is 0 Å². The maximum absolute atomic E-state index is 13.2. The van der Waals surface area contributed by atoms with Crippen molar-refractivity contribution in [1.29, 1.82) is 0 Å². The van der Waals surface area contributed by atoms with Gasteiger partial charge in [0.15, 0.2) is 5.78 Å². The Labute approximate surface area is 98.1 Å². The van der Waals surface area contributed by atoms with Crippen LogP contribution in [0.4, 0.5) is 8.78 Å². The van der Waals surface area contributed by atoms with Crippen LogP contribution >= 0.6 is 0 Å². The molecule has 0 bridgehead atoms. The third-order valence-electron chi connectivity index (χ3n) is 2.39. The summed E-state index contributed by atoms with van der Waals surface area (Å²) in [7, 11) is 0. The fourth-order valence-corrected chi connectivity index (χ4v) is 1.37. The molecular formula is C12H14F2O3. The second-order valence-electron chi connectivity index (χ2n) is 3.64. The topological polar surface area (TPSA) is 46.5 Å². The van der Waals surface area contributed by atoms with Crippen LogP contribution in [0.3, 0.4) is 0 Å². The zero-order chi connectivity index (χ0) is 12.9. The van der Waals surface area contributed by atoms with Gasteiger partial charge in [0, 0.05) is 12.0 Å². The van der Waals surface area contributed by atoms with Crippen LogP contribution in [0.2, 0.25) is 0 Å². The van der Waals surface area contributed by atoms with Gasteiger partial charge in [-0.2, -0.15) is 8.78 Å². The van der Waals surface area contributed by atoms with Crippen LogP contribution in [0.1, 0.15) is 12.8 Å². The number of aliphatic hydroxyl groups is 1. The predicted octanol–water partition coefficient (Wildman–Crippen LogP) is 1.99. The molecule has 0 aromatic heterocycles. The second kappa shape index (κ2) is 5.72. The van der Waals surface area contributed by atoms with Gasteiger partial charge in [0.05, 0.1) is 5.76 Å². The molecule has 94 valence electrons. The van der Waals surface area contributed by atoms with E-state index in [9.17, 15) is 13.6 Å². The van der Waals surface area contributed by atoms with Gasteiger partial charge in [-0.25, -0.2) is 0 Å². The summed E-state index contributed by atoms with van der Waals surface area (Å²) in [6.45, 7) is 2.27. The largest absolute Gasteiger partial charge is 0.490 e. The first-order valence-electron chi connectivity index (χ1n) is 5.16. The lowest BCUT2D eigenvalue weighted by atomic mass is 9.98.